The predicted octanol–water partition coefficient (Wildman–Crippen LogP) is 2.70. The van der Waals surface area contributed by atoms with Crippen molar-refractivity contribution in [3.8, 4) is 17.1 Å². The molecule has 146 valence electrons. The highest BCUT2D eigenvalue weighted by Gasteiger charge is 2.26. The third-order valence-corrected chi connectivity index (χ3v) is 5.43. The van der Waals surface area contributed by atoms with Gasteiger partial charge in [0.25, 0.3) is 0 Å². The number of morpholine rings is 1. The third kappa shape index (κ3) is 4.44. The second-order valence-electron chi connectivity index (χ2n) is 6.60. The zero-order valence-corrected chi connectivity index (χ0v) is 17.0. The molecule has 2 aromatic rings. The summed E-state index contributed by atoms with van der Waals surface area (Å²) >= 11 is 1.42. The highest BCUT2D eigenvalue weighted by molar-refractivity contribution is 7.99. The fourth-order valence-electron chi connectivity index (χ4n) is 3.31. The Kier molecular flexibility index (Phi) is 6.38. The van der Waals surface area contributed by atoms with Crippen LogP contribution in [0.1, 0.15) is 20.8 Å². The number of benzene rings is 1. The van der Waals surface area contributed by atoms with E-state index in [2.05, 4.69) is 10.2 Å². The molecule has 1 fully saturated rings. The summed E-state index contributed by atoms with van der Waals surface area (Å²) in [7, 11) is 1.64. The summed E-state index contributed by atoms with van der Waals surface area (Å²) in [6.45, 7) is 8.02. The van der Waals surface area contributed by atoms with Crippen molar-refractivity contribution in [3.05, 3.63) is 24.3 Å². The maximum absolute atomic E-state index is 12.6. The minimum atomic E-state index is 0.0687. The van der Waals surface area contributed by atoms with Crippen LogP contribution in [0.2, 0.25) is 0 Å². The summed E-state index contributed by atoms with van der Waals surface area (Å²) < 4.78 is 13.2. The van der Waals surface area contributed by atoms with Crippen LogP contribution >= 0.6 is 11.8 Å². The number of thioether (sulfide) groups is 1. The third-order valence-electron chi connectivity index (χ3n) is 4.48. The molecular formula is C19H26N4O3S. The van der Waals surface area contributed by atoms with Crippen molar-refractivity contribution in [3.63, 3.8) is 0 Å². The van der Waals surface area contributed by atoms with Gasteiger partial charge < -0.3 is 18.9 Å². The Morgan fingerprint density at radius 3 is 2.63 bits per heavy atom. The number of para-hydroxylation sites is 1. The van der Waals surface area contributed by atoms with Gasteiger partial charge in [0.15, 0.2) is 11.0 Å². The molecule has 0 saturated carbocycles. The topological polar surface area (TPSA) is 69.5 Å². The summed E-state index contributed by atoms with van der Waals surface area (Å²) in [6.07, 6.45) is 0.137. The minimum absolute atomic E-state index is 0.0687. The highest BCUT2D eigenvalue weighted by Crippen LogP contribution is 2.30. The van der Waals surface area contributed by atoms with Crippen molar-refractivity contribution in [2.24, 2.45) is 0 Å². The van der Waals surface area contributed by atoms with Crippen molar-refractivity contribution in [1.82, 2.24) is 19.7 Å². The molecule has 0 N–H and O–H groups in total. The van der Waals surface area contributed by atoms with Gasteiger partial charge in [-0.05, 0) is 32.9 Å². The van der Waals surface area contributed by atoms with E-state index in [0.29, 0.717) is 25.4 Å². The van der Waals surface area contributed by atoms with Crippen LogP contribution in [0.5, 0.6) is 5.75 Å². The molecule has 3 rings (SSSR count). The van der Waals surface area contributed by atoms with Gasteiger partial charge in [0.05, 0.1) is 30.6 Å². The van der Waals surface area contributed by atoms with Crippen LogP contribution in [-0.2, 0) is 16.1 Å². The lowest BCUT2D eigenvalue weighted by atomic mass is 10.2. The van der Waals surface area contributed by atoms with Gasteiger partial charge in [0, 0.05) is 19.6 Å². The minimum Gasteiger partial charge on any atom is -0.496 e. The molecule has 8 heteroatoms. The number of aromatic nitrogens is 3. The van der Waals surface area contributed by atoms with E-state index in [1.165, 1.54) is 11.8 Å². The van der Waals surface area contributed by atoms with E-state index in [4.69, 9.17) is 9.47 Å². The maximum atomic E-state index is 12.6. The Balaban J connectivity index is 1.73. The number of amides is 1. The van der Waals surface area contributed by atoms with Crippen molar-refractivity contribution >= 4 is 17.7 Å². The van der Waals surface area contributed by atoms with Gasteiger partial charge >= 0.3 is 0 Å². The SMILES string of the molecule is CCn1c(SCC(=O)N2C[C@H](C)O[C@@H](C)C2)nnc1-c1ccccc1OC. The van der Waals surface area contributed by atoms with E-state index in [1.54, 1.807) is 7.11 Å². The van der Waals surface area contributed by atoms with Gasteiger partial charge in [0.1, 0.15) is 5.75 Å². The maximum Gasteiger partial charge on any atom is 0.233 e. The highest BCUT2D eigenvalue weighted by atomic mass is 32.2. The number of ether oxygens (including phenoxy) is 2. The second kappa shape index (κ2) is 8.75. The Bertz CT molecular complexity index is 785. The van der Waals surface area contributed by atoms with Gasteiger partial charge in [-0.3, -0.25) is 4.79 Å². The summed E-state index contributed by atoms with van der Waals surface area (Å²) in [4.78, 5) is 14.5. The molecule has 0 aliphatic carbocycles. The molecule has 0 bridgehead atoms. The Morgan fingerprint density at radius 2 is 1.96 bits per heavy atom. The standard InChI is InChI=1S/C19H26N4O3S/c1-5-23-18(15-8-6-7-9-16(15)25-4)20-21-19(23)27-12-17(24)22-10-13(2)26-14(3)11-22/h6-9,13-14H,5,10-12H2,1-4H3/t13-,14-/m0/s1. The van der Waals surface area contributed by atoms with E-state index in [1.807, 2.05) is 54.5 Å². The molecule has 1 saturated heterocycles. The molecule has 27 heavy (non-hydrogen) atoms. The normalized spacial score (nSPS) is 19.9. The lowest BCUT2D eigenvalue weighted by molar-refractivity contribution is -0.140. The van der Waals surface area contributed by atoms with Crippen molar-refractivity contribution in [1.29, 1.82) is 0 Å². The number of hydrogen-bond donors (Lipinski definition) is 0. The predicted molar refractivity (Wildman–Crippen MR) is 105 cm³/mol. The number of carbonyl (C=O) groups excluding carboxylic acids is 1. The number of methoxy groups -OCH3 is 1. The van der Waals surface area contributed by atoms with Crippen molar-refractivity contribution in [2.75, 3.05) is 26.0 Å². The first-order valence-corrected chi connectivity index (χ1v) is 10.1. The van der Waals surface area contributed by atoms with Crippen molar-refractivity contribution < 1.29 is 14.3 Å². The van der Waals surface area contributed by atoms with Gasteiger partial charge in [-0.25, -0.2) is 0 Å². The monoisotopic (exact) mass is 390 g/mol. The van der Waals surface area contributed by atoms with Gasteiger partial charge in [-0.1, -0.05) is 23.9 Å². The lowest BCUT2D eigenvalue weighted by Gasteiger charge is -2.35. The number of hydrogen-bond acceptors (Lipinski definition) is 6. The summed E-state index contributed by atoms with van der Waals surface area (Å²) in [5.41, 5.74) is 0.892. The fraction of sp³-hybridized carbons (Fsp3) is 0.526. The molecule has 7 nitrogen and oxygen atoms in total. The van der Waals surface area contributed by atoms with Crippen LogP contribution < -0.4 is 4.74 Å². The van der Waals surface area contributed by atoms with Crippen LogP contribution in [0, 0.1) is 0 Å². The number of rotatable bonds is 6. The molecular weight excluding hydrogens is 364 g/mol. The van der Waals surface area contributed by atoms with E-state index >= 15 is 0 Å². The van der Waals surface area contributed by atoms with Crippen LogP contribution in [0.4, 0.5) is 0 Å². The molecule has 0 radical (unpaired) electrons. The molecule has 1 aromatic carbocycles. The Morgan fingerprint density at radius 1 is 1.26 bits per heavy atom. The van der Waals surface area contributed by atoms with Crippen LogP contribution in [-0.4, -0.2) is 63.7 Å². The molecule has 1 amide bonds. The summed E-state index contributed by atoms with van der Waals surface area (Å²) in [5.74, 6) is 1.94. The van der Waals surface area contributed by atoms with E-state index in [0.717, 1.165) is 22.3 Å². The summed E-state index contributed by atoms with van der Waals surface area (Å²) in [5, 5.41) is 9.40. The lowest BCUT2D eigenvalue weighted by Crippen LogP contribution is -2.48. The van der Waals surface area contributed by atoms with Gasteiger partial charge in [-0.15, -0.1) is 10.2 Å². The first-order valence-electron chi connectivity index (χ1n) is 9.16. The molecule has 2 atom stereocenters. The summed E-state index contributed by atoms with van der Waals surface area (Å²) in [6, 6.07) is 7.74. The molecule has 1 aromatic heterocycles. The van der Waals surface area contributed by atoms with Crippen molar-refractivity contribution in [2.45, 2.75) is 44.7 Å². The van der Waals surface area contributed by atoms with E-state index in [-0.39, 0.29) is 18.1 Å². The molecule has 1 aliphatic rings. The fourth-order valence-corrected chi connectivity index (χ4v) is 4.21. The molecule has 2 heterocycles. The zero-order valence-electron chi connectivity index (χ0n) is 16.2. The first kappa shape index (κ1) is 19.7. The van der Waals surface area contributed by atoms with Gasteiger partial charge in [0.2, 0.25) is 5.91 Å². The van der Waals surface area contributed by atoms with E-state index < -0.39 is 0 Å². The number of nitrogens with zero attached hydrogens (tertiary/aromatic N) is 4. The van der Waals surface area contributed by atoms with Crippen LogP contribution in [0.3, 0.4) is 0 Å². The van der Waals surface area contributed by atoms with Gasteiger partial charge in [-0.2, -0.15) is 0 Å². The number of carbonyl (C=O) groups is 1. The Labute approximate surface area is 164 Å². The zero-order chi connectivity index (χ0) is 19.4. The molecule has 1 aliphatic heterocycles. The average Bonchev–Trinajstić information content (AvgIpc) is 3.07. The Hall–Kier alpha value is -2.06. The molecule has 0 unspecified atom stereocenters. The quantitative estimate of drug-likeness (QED) is 0.707. The van der Waals surface area contributed by atoms with Crippen LogP contribution in [0.15, 0.2) is 29.4 Å². The largest absolute Gasteiger partial charge is 0.496 e. The first-order chi connectivity index (χ1) is 13.0. The second-order valence-corrected chi connectivity index (χ2v) is 7.54. The van der Waals surface area contributed by atoms with E-state index in [9.17, 15) is 4.79 Å². The van der Waals surface area contributed by atoms with Crippen LogP contribution in [0.25, 0.3) is 11.4 Å². The smallest absolute Gasteiger partial charge is 0.233 e. The molecule has 0 spiro atoms. The average molecular weight is 391 g/mol.